The first kappa shape index (κ1) is 19.4. The van der Waals surface area contributed by atoms with Crippen LogP contribution >= 0.6 is 15.9 Å². The summed E-state index contributed by atoms with van der Waals surface area (Å²) in [5.41, 5.74) is 8.43. The summed E-state index contributed by atoms with van der Waals surface area (Å²) in [5.74, 6) is 1.68. The van der Waals surface area contributed by atoms with E-state index in [1.807, 2.05) is 0 Å². The third kappa shape index (κ3) is 2.92. The fourth-order valence-corrected chi connectivity index (χ4v) is 6.68. The monoisotopic (exact) mass is 493 g/mol. The zero-order valence-corrected chi connectivity index (χ0v) is 19.8. The van der Waals surface area contributed by atoms with Gasteiger partial charge in [-0.15, -0.1) is 0 Å². The lowest BCUT2D eigenvalue weighted by Crippen LogP contribution is -2.45. The highest BCUT2D eigenvalue weighted by Crippen LogP contribution is 2.60. The Balaban J connectivity index is 1.48. The largest absolute Gasteiger partial charge is 0.493 e. The van der Waals surface area contributed by atoms with Crippen LogP contribution < -0.4 is 9.64 Å². The van der Waals surface area contributed by atoms with Gasteiger partial charge in [0.2, 0.25) is 0 Å². The van der Waals surface area contributed by atoms with Crippen LogP contribution in [-0.4, -0.2) is 6.61 Å². The lowest BCUT2D eigenvalue weighted by Gasteiger charge is -2.50. The Morgan fingerprint density at radius 3 is 2.33 bits per heavy atom. The van der Waals surface area contributed by atoms with E-state index in [1.54, 1.807) is 0 Å². The van der Waals surface area contributed by atoms with Gasteiger partial charge in [0, 0.05) is 27.6 Å². The molecule has 0 amide bonds. The van der Waals surface area contributed by atoms with E-state index in [1.165, 1.54) is 33.5 Å². The Morgan fingerprint density at radius 1 is 0.727 bits per heavy atom. The fraction of sp³-hybridized carbons (Fsp3) is 0.200. The van der Waals surface area contributed by atoms with E-state index in [-0.39, 0.29) is 6.04 Å². The van der Waals surface area contributed by atoms with Crippen molar-refractivity contribution in [3.63, 3.8) is 0 Å². The molecule has 4 aromatic carbocycles. The van der Waals surface area contributed by atoms with E-state index in [2.05, 4.69) is 118 Å². The second kappa shape index (κ2) is 7.50. The highest BCUT2D eigenvalue weighted by molar-refractivity contribution is 9.10. The molecule has 3 heteroatoms. The summed E-state index contributed by atoms with van der Waals surface area (Å²) in [6.07, 6.45) is 1.05. The number of anilines is 1. The molecule has 0 bridgehead atoms. The lowest BCUT2D eigenvalue weighted by atomic mass is 9.70. The van der Waals surface area contributed by atoms with Crippen molar-refractivity contribution in [2.24, 2.45) is 5.92 Å². The molecule has 0 aliphatic carbocycles. The van der Waals surface area contributed by atoms with Crippen LogP contribution in [-0.2, 0) is 6.42 Å². The van der Waals surface area contributed by atoms with Gasteiger partial charge in [0.1, 0.15) is 5.75 Å². The molecular weight excluding hydrogens is 470 g/mol. The van der Waals surface area contributed by atoms with Crippen molar-refractivity contribution in [2.75, 3.05) is 11.5 Å². The molecule has 0 N–H and O–H groups in total. The molecule has 0 radical (unpaired) electrons. The van der Waals surface area contributed by atoms with E-state index in [0.29, 0.717) is 17.9 Å². The van der Waals surface area contributed by atoms with Crippen LogP contribution in [0.15, 0.2) is 102 Å². The van der Waals surface area contributed by atoms with Gasteiger partial charge in [-0.25, -0.2) is 0 Å². The molecule has 3 aliphatic rings. The molecule has 0 aromatic heterocycles. The number of ether oxygens (including phenoxy) is 1. The fourth-order valence-electron chi connectivity index (χ4n) is 6.42. The average Bonchev–Trinajstić information content (AvgIpc) is 3.26. The van der Waals surface area contributed by atoms with Crippen molar-refractivity contribution in [2.45, 2.75) is 24.4 Å². The van der Waals surface area contributed by atoms with Gasteiger partial charge in [0.15, 0.2) is 0 Å². The zero-order valence-electron chi connectivity index (χ0n) is 18.2. The first-order valence-corrected chi connectivity index (χ1v) is 12.5. The van der Waals surface area contributed by atoms with Crippen molar-refractivity contribution < 1.29 is 4.74 Å². The smallest absolute Gasteiger partial charge is 0.124 e. The maximum atomic E-state index is 6.40. The lowest BCUT2D eigenvalue weighted by molar-refractivity contribution is 0.166. The number of benzene rings is 4. The standard InChI is InChI=1S/C30H24BrNO/c31-22-15-13-20(14-16-22)28-24-11-6-9-21-17-26(19-7-2-1-3-8-19)32(29(21)24)30-23-10-4-5-12-27(23)33-18-25(28)30/h1-16,25-26,28,30H,17-18H2/t25-,26-,28+,30-/m0/s1. The maximum absolute atomic E-state index is 6.40. The SMILES string of the molecule is Brc1ccc([C@@H]2c3cccc4c3N([C@H](c3ccccc3)C4)[C@H]3c4ccccc4OC[C@@H]23)cc1. The van der Waals surface area contributed by atoms with Gasteiger partial charge in [-0.2, -0.15) is 0 Å². The van der Waals surface area contributed by atoms with Gasteiger partial charge < -0.3 is 9.64 Å². The molecule has 3 heterocycles. The molecule has 0 saturated carbocycles. The van der Waals surface area contributed by atoms with Gasteiger partial charge in [0.05, 0.1) is 18.7 Å². The average molecular weight is 494 g/mol. The number of nitrogens with zero attached hydrogens (tertiary/aromatic N) is 1. The molecule has 7 rings (SSSR count). The van der Waals surface area contributed by atoms with E-state index < -0.39 is 0 Å². The Labute approximate surface area is 203 Å². The number of rotatable bonds is 2. The molecule has 0 fully saturated rings. The van der Waals surface area contributed by atoms with Crippen molar-refractivity contribution in [3.05, 3.63) is 129 Å². The number of fused-ring (bicyclic) bond motifs is 4. The van der Waals surface area contributed by atoms with Crippen LogP contribution in [0.25, 0.3) is 0 Å². The third-order valence-electron chi connectivity index (χ3n) is 7.71. The van der Waals surface area contributed by atoms with E-state index in [9.17, 15) is 0 Å². The predicted molar refractivity (Wildman–Crippen MR) is 136 cm³/mol. The van der Waals surface area contributed by atoms with E-state index >= 15 is 0 Å². The second-order valence-corrected chi connectivity index (χ2v) is 10.3. The number of hydrogen-bond acceptors (Lipinski definition) is 2. The molecule has 0 unspecified atom stereocenters. The minimum absolute atomic E-state index is 0.282. The van der Waals surface area contributed by atoms with Gasteiger partial charge >= 0.3 is 0 Å². The van der Waals surface area contributed by atoms with Crippen LogP contribution in [0.5, 0.6) is 5.75 Å². The molecule has 162 valence electrons. The third-order valence-corrected chi connectivity index (χ3v) is 8.24. The van der Waals surface area contributed by atoms with Crippen molar-refractivity contribution in [3.8, 4) is 5.75 Å². The van der Waals surface area contributed by atoms with Crippen LogP contribution in [0.2, 0.25) is 0 Å². The van der Waals surface area contributed by atoms with Gasteiger partial charge in [-0.05, 0) is 46.9 Å². The van der Waals surface area contributed by atoms with Gasteiger partial charge in [0.25, 0.3) is 0 Å². The molecule has 4 atom stereocenters. The Morgan fingerprint density at radius 2 is 1.48 bits per heavy atom. The number of para-hydroxylation sites is 2. The van der Waals surface area contributed by atoms with Gasteiger partial charge in [-0.3, -0.25) is 0 Å². The molecule has 4 aromatic rings. The Hall–Kier alpha value is -3.04. The molecule has 0 saturated heterocycles. The van der Waals surface area contributed by atoms with Crippen LogP contribution in [0.1, 0.15) is 45.8 Å². The van der Waals surface area contributed by atoms with Gasteiger partial charge in [-0.1, -0.05) is 94.8 Å². The first-order valence-electron chi connectivity index (χ1n) is 11.7. The number of hydrogen-bond donors (Lipinski definition) is 0. The predicted octanol–water partition coefficient (Wildman–Crippen LogP) is 7.45. The molecule has 2 nitrogen and oxygen atoms in total. The van der Waals surface area contributed by atoms with Crippen molar-refractivity contribution in [1.82, 2.24) is 0 Å². The first-order chi connectivity index (χ1) is 16.3. The maximum Gasteiger partial charge on any atom is 0.124 e. The highest BCUT2D eigenvalue weighted by atomic mass is 79.9. The quantitative estimate of drug-likeness (QED) is 0.287. The summed E-state index contributed by atoms with van der Waals surface area (Å²) in [6, 6.07) is 36.2. The highest BCUT2D eigenvalue weighted by Gasteiger charge is 2.51. The summed E-state index contributed by atoms with van der Waals surface area (Å²) >= 11 is 3.62. The Bertz CT molecular complexity index is 1330. The molecule has 3 aliphatic heterocycles. The van der Waals surface area contributed by atoms with Crippen molar-refractivity contribution in [1.29, 1.82) is 0 Å². The minimum Gasteiger partial charge on any atom is -0.493 e. The summed E-state index contributed by atoms with van der Waals surface area (Å²) in [5, 5.41) is 0. The van der Waals surface area contributed by atoms with Crippen LogP contribution in [0, 0.1) is 5.92 Å². The zero-order chi connectivity index (χ0) is 21.9. The second-order valence-electron chi connectivity index (χ2n) is 9.38. The Kier molecular flexibility index (Phi) is 4.41. The summed E-state index contributed by atoms with van der Waals surface area (Å²) in [4.78, 5) is 2.74. The van der Waals surface area contributed by atoms with Crippen LogP contribution in [0.3, 0.4) is 0 Å². The van der Waals surface area contributed by atoms with E-state index in [0.717, 1.165) is 23.2 Å². The van der Waals surface area contributed by atoms with Crippen LogP contribution in [0.4, 0.5) is 5.69 Å². The normalized spacial score (nSPS) is 24.5. The topological polar surface area (TPSA) is 12.5 Å². The molecule has 0 spiro atoms. The summed E-state index contributed by atoms with van der Waals surface area (Å²) in [7, 11) is 0. The molecule has 33 heavy (non-hydrogen) atoms. The van der Waals surface area contributed by atoms with E-state index in [4.69, 9.17) is 4.74 Å². The summed E-state index contributed by atoms with van der Waals surface area (Å²) in [6.45, 7) is 0.726. The minimum atomic E-state index is 0.282. The molecular formula is C30H24BrNO. The number of halogens is 1. The van der Waals surface area contributed by atoms with Crippen molar-refractivity contribution >= 4 is 21.6 Å². The summed E-state index contributed by atoms with van der Waals surface area (Å²) < 4.78 is 7.52.